The number of carbonyl (C=O) groups excluding carboxylic acids is 2. The number of rotatable bonds is 32. The van der Waals surface area contributed by atoms with E-state index in [1.54, 1.807) is 0 Å². The van der Waals surface area contributed by atoms with E-state index in [9.17, 15) is 19.0 Å². The molecule has 0 heterocycles. The zero-order valence-corrected chi connectivity index (χ0v) is 28.8. The molecule has 0 fully saturated rings. The summed E-state index contributed by atoms with van der Waals surface area (Å²) >= 11 is 0. The number of phosphoric acid groups is 1. The fraction of sp³-hybridized carbons (Fsp3) is 0.824. The average molecular weight is 646 g/mol. The Morgan fingerprint density at radius 3 is 1.77 bits per heavy atom. The molecule has 0 aliphatic rings. The lowest BCUT2D eigenvalue weighted by atomic mass is 10.1. The Labute approximate surface area is 268 Å². The Hall–Kier alpha value is -1.51. The van der Waals surface area contributed by atoms with Crippen LogP contribution in [0.25, 0.3) is 0 Å². The maximum absolute atomic E-state index is 12.4. The molecule has 9 nitrogen and oxygen atoms in total. The van der Waals surface area contributed by atoms with Gasteiger partial charge in [-0.2, -0.15) is 0 Å². The van der Waals surface area contributed by atoms with E-state index >= 15 is 0 Å². The van der Waals surface area contributed by atoms with Crippen molar-refractivity contribution in [3.63, 3.8) is 0 Å². The third-order valence-electron chi connectivity index (χ3n) is 7.09. The van der Waals surface area contributed by atoms with Gasteiger partial charge in [0.25, 0.3) is 0 Å². The highest BCUT2D eigenvalue weighted by molar-refractivity contribution is 7.47. The number of nitrogens with two attached hydrogens (primary N) is 1. The highest BCUT2D eigenvalue weighted by Crippen LogP contribution is 2.43. The van der Waals surface area contributed by atoms with E-state index in [4.69, 9.17) is 24.3 Å². The molecular weight excluding hydrogens is 581 g/mol. The first-order valence-corrected chi connectivity index (χ1v) is 18.8. The van der Waals surface area contributed by atoms with Crippen LogP contribution in [0.5, 0.6) is 0 Å². The standard InChI is InChI=1S/C34H64NO8P/c1-3-5-7-9-10-11-12-13-14-15-16-17-18-19-20-21-22-23-25-27-34(37)43-32(31-42-44(38,39)41-29-28-35)30-40-33(36)26-24-8-6-4-2/h10-11,13-14,32H,3-9,12,15-31,35H2,1-2H3,(H,38,39)/b11-10-,14-13-. The number of esters is 2. The minimum Gasteiger partial charge on any atom is -0.462 e. The zero-order valence-electron chi connectivity index (χ0n) is 27.9. The van der Waals surface area contributed by atoms with Gasteiger partial charge in [0, 0.05) is 19.4 Å². The van der Waals surface area contributed by atoms with Crippen LogP contribution in [0.3, 0.4) is 0 Å². The molecule has 2 atom stereocenters. The Morgan fingerprint density at radius 1 is 0.682 bits per heavy atom. The number of hydrogen-bond acceptors (Lipinski definition) is 8. The first kappa shape index (κ1) is 42.5. The number of carbonyl (C=O) groups is 2. The van der Waals surface area contributed by atoms with E-state index in [2.05, 4.69) is 38.2 Å². The van der Waals surface area contributed by atoms with Gasteiger partial charge in [0.2, 0.25) is 0 Å². The lowest BCUT2D eigenvalue weighted by molar-refractivity contribution is -0.161. The number of phosphoric ester groups is 1. The quantitative estimate of drug-likeness (QED) is 0.0318. The molecule has 0 aromatic rings. The Balaban J connectivity index is 4.06. The molecular formula is C34H64NO8P. The Morgan fingerprint density at radius 2 is 1.18 bits per heavy atom. The van der Waals surface area contributed by atoms with E-state index in [1.807, 2.05) is 0 Å². The topological polar surface area (TPSA) is 134 Å². The molecule has 0 aromatic carbocycles. The molecule has 44 heavy (non-hydrogen) atoms. The summed E-state index contributed by atoms with van der Waals surface area (Å²) in [5.41, 5.74) is 5.30. The molecule has 0 spiro atoms. The van der Waals surface area contributed by atoms with E-state index in [0.717, 1.165) is 57.8 Å². The van der Waals surface area contributed by atoms with E-state index in [1.165, 1.54) is 57.8 Å². The van der Waals surface area contributed by atoms with Gasteiger partial charge in [-0.1, -0.05) is 115 Å². The molecule has 0 aromatic heterocycles. The summed E-state index contributed by atoms with van der Waals surface area (Å²) in [6.07, 6.45) is 29.8. The maximum Gasteiger partial charge on any atom is 0.472 e. The van der Waals surface area contributed by atoms with Gasteiger partial charge < -0.3 is 20.1 Å². The lowest BCUT2D eigenvalue weighted by Crippen LogP contribution is -2.29. The van der Waals surface area contributed by atoms with Crippen LogP contribution in [0.1, 0.15) is 149 Å². The SMILES string of the molecule is CCCCC/C=C\C/C=C\CCCCCCCCCCCC(=O)OC(COC(=O)CCCCCC)COP(=O)(O)OCCN. The third-order valence-corrected chi connectivity index (χ3v) is 8.07. The fourth-order valence-corrected chi connectivity index (χ4v) is 5.25. The summed E-state index contributed by atoms with van der Waals surface area (Å²) in [5.74, 6) is -0.854. The molecule has 10 heteroatoms. The van der Waals surface area contributed by atoms with Crippen molar-refractivity contribution in [2.75, 3.05) is 26.4 Å². The van der Waals surface area contributed by atoms with E-state index in [-0.39, 0.29) is 32.6 Å². The second-order valence-corrected chi connectivity index (χ2v) is 12.8. The molecule has 0 amide bonds. The van der Waals surface area contributed by atoms with E-state index < -0.39 is 32.5 Å². The van der Waals surface area contributed by atoms with Crippen molar-refractivity contribution in [2.45, 2.75) is 155 Å². The van der Waals surface area contributed by atoms with Crippen LogP contribution in [0, 0.1) is 0 Å². The summed E-state index contributed by atoms with van der Waals surface area (Å²) < 4.78 is 32.3. The number of unbranched alkanes of at least 4 members (excludes halogenated alkanes) is 15. The molecule has 0 saturated carbocycles. The van der Waals surface area contributed by atoms with Crippen LogP contribution < -0.4 is 5.73 Å². The fourth-order valence-electron chi connectivity index (χ4n) is 4.49. The normalized spacial score (nSPS) is 13.8. The van der Waals surface area contributed by atoms with Crippen molar-refractivity contribution in [1.29, 1.82) is 0 Å². The van der Waals surface area contributed by atoms with Crippen molar-refractivity contribution >= 4 is 19.8 Å². The molecule has 0 rings (SSSR count). The smallest absolute Gasteiger partial charge is 0.462 e. The summed E-state index contributed by atoms with van der Waals surface area (Å²) in [4.78, 5) is 34.2. The van der Waals surface area contributed by atoms with Crippen LogP contribution in [-0.4, -0.2) is 49.3 Å². The number of allylic oxidation sites excluding steroid dienone is 4. The largest absolute Gasteiger partial charge is 0.472 e. The molecule has 2 unspecified atom stereocenters. The molecule has 0 radical (unpaired) electrons. The number of ether oxygens (including phenoxy) is 2. The predicted octanol–water partition coefficient (Wildman–Crippen LogP) is 8.88. The molecule has 3 N–H and O–H groups in total. The summed E-state index contributed by atoms with van der Waals surface area (Å²) in [6.45, 7) is 3.55. The highest BCUT2D eigenvalue weighted by atomic mass is 31.2. The summed E-state index contributed by atoms with van der Waals surface area (Å²) in [6, 6.07) is 0. The number of hydrogen-bond donors (Lipinski definition) is 2. The highest BCUT2D eigenvalue weighted by Gasteiger charge is 2.25. The van der Waals surface area contributed by atoms with Gasteiger partial charge in [0.15, 0.2) is 6.10 Å². The Bertz CT molecular complexity index is 789. The van der Waals surface area contributed by atoms with Crippen molar-refractivity contribution < 1.29 is 37.6 Å². The summed E-state index contributed by atoms with van der Waals surface area (Å²) in [5, 5.41) is 0. The first-order chi connectivity index (χ1) is 21.3. The lowest BCUT2D eigenvalue weighted by Gasteiger charge is -2.19. The monoisotopic (exact) mass is 645 g/mol. The third kappa shape index (κ3) is 30.5. The molecule has 0 aliphatic heterocycles. The zero-order chi connectivity index (χ0) is 32.6. The minimum absolute atomic E-state index is 0.0531. The van der Waals surface area contributed by atoms with Crippen LogP contribution in [0.2, 0.25) is 0 Å². The molecule has 0 aliphatic carbocycles. The Kier molecular flexibility index (Phi) is 30.4. The summed E-state index contributed by atoms with van der Waals surface area (Å²) in [7, 11) is -4.35. The molecule has 0 saturated heterocycles. The van der Waals surface area contributed by atoms with Gasteiger partial charge in [-0.05, 0) is 44.9 Å². The van der Waals surface area contributed by atoms with Gasteiger partial charge in [-0.3, -0.25) is 18.6 Å². The molecule has 0 bridgehead atoms. The van der Waals surface area contributed by atoms with Crippen molar-refractivity contribution in [2.24, 2.45) is 5.73 Å². The second kappa shape index (κ2) is 31.5. The van der Waals surface area contributed by atoms with Crippen molar-refractivity contribution in [3.05, 3.63) is 24.3 Å². The second-order valence-electron chi connectivity index (χ2n) is 11.4. The minimum atomic E-state index is -4.35. The van der Waals surface area contributed by atoms with Gasteiger partial charge in [0.05, 0.1) is 13.2 Å². The van der Waals surface area contributed by atoms with Gasteiger partial charge in [-0.15, -0.1) is 0 Å². The molecule has 258 valence electrons. The van der Waals surface area contributed by atoms with Crippen LogP contribution in [0.15, 0.2) is 24.3 Å². The first-order valence-electron chi connectivity index (χ1n) is 17.3. The van der Waals surface area contributed by atoms with Gasteiger partial charge >= 0.3 is 19.8 Å². The van der Waals surface area contributed by atoms with Crippen molar-refractivity contribution in [1.82, 2.24) is 0 Å². The van der Waals surface area contributed by atoms with Crippen LogP contribution in [0.4, 0.5) is 0 Å². The van der Waals surface area contributed by atoms with E-state index in [0.29, 0.717) is 6.42 Å². The maximum atomic E-state index is 12.4. The van der Waals surface area contributed by atoms with Crippen LogP contribution in [-0.2, 0) is 32.7 Å². The predicted molar refractivity (Wildman–Crippen MR) is 178 cm³/mol. The van der Waals surface area contributed by atoms with Gasteiger partial charge in [0.1, 0.15) is 6.61 Å². The van der Waals surface area contributed by atoms with Gasteiger partial charge in [-0.25, -0.2) is 4.57 Å². The average Bonchev–Trinajstić information content (AvgIpc) is 3.00. The van der Waals surface area contributed by atoms with Crippen molar-refractivity contribution in [3.8, 4) is 0 Å². The van der Waals surface area contributed by atoms with Crippen LogP contribution >= 0.6 is 7.82 Å².